The fourth-order valence-corrected chi connectivity index (χ4v) is 3.97. The standard InChI is InChI=1S/C18H21N5O3.ClH/c24-18(13-1-2-14-15(9-13)26-11-25-14)22-6-3-12(4-7-22)17-21-20-16-10-19-5-8-23(16)17;/h1-2,9,12,19H,3-8,10-11H2;1H. The van der Waals surface area contributed by atoms with E-state index in [-0.39, 0.29) is 25.1 Å². The zero-order chi connectivity index (χ0) is 17.5. The Morgan fingerprint density at radius 3 is 2.78 bits per heavy atom. The summed E-state index contributed by atoms with van der Waals surface area (Å²) in [4.78, 5) is 14.7. The summed E-state index contributed by atoms with van der Waals surface area (Å²) >= 11 is 0. The maximum atomic E-state index is 12.8. The molecule has 0 radical (unpaired) electrons. The van der Waals surface area contributed by atoms with Crippen molar-refractivity contribution in [1.29, 1.82) is 0 Å². The van der Waals surface area contributed by atoms with Gasteiger partial charge in [-0.15, -0.1) is 22.6 Å². The highest BCUT2D eigenvalue weighted by Gasteiger charge is 2.29. The molecule has 8 nitrogen and oxygen atoms in total. The molecule has 5 rings (SSSR count). The van der Waals surface area contributed by atoms with Gasteiger partial charge in [0.1, 0.15) is 11.6 Å². The number of carbonyl (C=O) groups is 1. The van der Waals surface area contributed by atoms with Crippen molar-refractivity contribution in [3.8, 4) is 11.5 Å². The maximum Gasteiger partial charge on any atom is 0.253 e. The molecule has 3 aliphatic heterocycles. The Morgan fingerprint density at radius 2 is 1.93 bits per heavy atom. The molecule has 144 valence electrons. The fourth-order valence-electron chi connectivity index (χ4n) is 3.97. The monoisotopic (exact) mass is 391 g/mol. The molecular formula is C18H22ClN5O3. The van der Waals surface area contributed by atoms with Crippen LogP contribution in [0.15, 0.2) is 18.2 Å². The van der Waals surface area contributed by atoms with Crippen molar-refractivity contribution in [2.24, 2.45) is 0 Å². The van der Waals surface area contributed by atoms with E-state index in [1.54, 1.807) is 12.1 Å². The van der Waals surface area contributed by atoms with Gasteiger partial charge >= 0.3 is 0 Å². The molecule has 0 saturated carbocycles. The summed E-state index contributed by atoms with van der Waals surface area (Å²) in [5.41, 5.74) is 0.652. The van der Waals surface area contributed by atoms with Gasteiger partial charge in [0, 0.05) is 37.7 Å². The molecule has 4 heterocycles. The van der Waals surface area contributed by atoms with E-state index in [2.05, 4.69) is 20.1 Å². The van der Waals surface area contributed by atoms with E-state index in [4.69, 9.17) is 9.47 Å². The smallest absolute Gasteiger partial charge is 0.253 e. The minimum atomic E-state index is 0. The van der Waals surface area contributed by atoms with Crippen molar-refractivity contribution in [3.05, 3.63) is 35.4 Å². The van der Waals surface area contributed by atoms with Gasteiger partial charge in [-0.05, 0) is 31.0 Å². The van der Waals surface area contributed by atoms with Crippen LogP contribution in [0.4, 0.5) is 0 Å². The number of fused-ring (bicyclic) bond motifs is 2. The number of hydrogen-bond acceptors (Lipinski definition) is 6. The molecule has 1 aromatic heterocycles. The molecule has 0 bridgehead atoms. The lowest BCUT2D eigenvalue weighted by atomic mass is 9.95. The van der Waals surface area contributed by atoms with Gasteiger partial charge in [0.15, 0.2) is 11.5 Å². The zero-order valence-corrected chi connectivity index (χ0v) is 15.7. The highest BCUT2D eigenvalue weighted by molar-refractivity contribution is 5.95. The fraction of sp³-hybridized carbons (Fsp3) is 0.500. The number of hydrogen-bond donors (Lipinski definition) is 1. The number of ether oxygens (including phenoxy) is 2. The SMILES string of the molecule is Cl.O=C(c1ccc2c(c1)OCO2)N1CCC(c2nnc3n2CCNC3)CC1. The van der Waals surface area contributed by atoms with Crippen molar-refractivity contribution in [3.63, 3.8) is 0 Å². The Balaban J connectivity index is 0.00000180. The number of nitrogens with zero attached hydrogens (tertiary/aromatic N) is 4. The van der Waals surface area contributed by atoms with Gasteiger partial charge in [-0.3, -0.25) is 4.79 Å². The first-order chi connectivity index (χ1) is 12.8. The molecule has 1 fully saturated rings. The molecule has 3 aliphatic rings. The van der Waals surface area contributed by atoms with E-state index in [9.17, 15) is 4.79 Å². The Morgan fingerprint density at radius 1 is 1.11 bits per heavy atom. The van der Waals surface area contributed by atoms with E-state index in [0.717, 1.165) is 57.2 Å². The molecule has 1 amide bonds. The molecule has 9 heteroatoms. The minimum Gasteiger partial charge on any atom is -0.454 e. The van der Waals surface area contributed by atoms with E-state index in [1.807, 2.05) is 11.0 Å². The Kier molecular flexibility index (Phi) is 4.92. The number of halogens is 1. The van der Waals surface area contributed by atoms with E-state index >= 15 is 0 Å². The summed E-state index contributed by atoms with van der Waals surface area (Å²) in [6.07, 6.45) is 1.84. The molecular weight excluding hydrogens is 370 g/mol. The Labute approximate surface area is 163 Å². The summed E-state index contributed by atoms with van der Waals surface area (Å²) in [7, 11) is 0. The van der Waals surface area contributed by atoms with Crippen molar-refractivity contribution >= 4 is 18.3 Å². The largest absolute Gasteiger partial charge is 0.454 e. The highest BCUT2D eigenvalue weighted by atomic mass is 35.5. The van der Waals surface area contributed by atoms with Crippen LogP contribution >= 0.6 is 12.4 Å². The molecule has 27 heavy (non-hydrogen) atoms. The van der Waals surface area contributed by atoms with E-state index < -0.39 is 0 Å². The molecule has 1 saturated heterocycles. The number of likely N-dealkylation sites (tertiary alicyclic amines) is 1. The summed E-state index contributed by atoms with van der Waals surface area (Å²) in [6, 6.07) is 5.39. The van der Waals surface area contributed by atoms with Crippen LogP contribution in [0.25, 0.3) is 0 Å². The first kappa shape index (κ1) is 18.1. The third kappa shape index (κ3) is 3.23. The average molecular weight is 392 g/mol. The summed E-state index contributed by atoms with van der Waals surface area (Å²) < 4.78 is 12.9. The summed E-state index contributed by atoms with van der Waals surface area (Å²) in [5.74, 6) is 3.87. The lowest BCUT2D eigenvalue weighted by Crippen LogP contribution is -2.38. The van der Waals surface area contributed by atoms with Crippen molar-refractivity contribution < 1.29 is 14.3 Å². The van der Waals surface area contributed by atoms with Crippen LogP contribution in [-0.2, 0) is 13.1 Å². The summed E-state index contributed by atoms with van der Waals surface area (Å²) in [5, 5.41) is 12.1. The van der Waals surface area contributed by atoms with Crippen LogP contribution in [0, 0.1) is 0 Å². The minimum absolute atomic E-state index is 0. The summed E-state index contributed by atoms with van der Waals surface area (Å²) in [6.45, 7) is 4.36. The molecule has 2 aromatic rings. The van der Waals surface area contributed by atoms with Crippen LogP contribution in [0.3, 0.4) is 0 Å². The molecule has 0 spiro atoms. The second kappa shape index (κ2) is 7.36. The van der Waals surface area contributed by atoms with Gasteiger partial charge in [-0.25, -0.2) is 0 Å². The number of aromatic nitrogens is 3. The number of amides is 1. The molecule has 0 aliphatic carbocycles. The highest BCUT2D eigenvalue weighted by Crippen LogP contribution is 2.34. The van der Waals surface area contributed by atoms with Gasteiger partial charge in [0.05, 0.1) is 6.54 Å². The quantitative estimate of drug-likeness (QED) is 0.836. The second-order valence-corrected chi connectivity index (χ2v) is 6.94. The van der Waals surface area contributed by atoms with Crippen LogP contribution in [0.2, 0.25) is 0 Å². The van der Waals surface area contributed by atoms with Crippen molar-refractivity contribution in [2.75, 3.05) is 26.4 Å². The van der Waals surface area contributed by atoms with Crippen LogP contribution in [0.5, 0.6) is 11.5 Å². The van der Waals surface area contributed by atoms with Crippen molar-refractivity contribution in [2.45, 2.75) is 31.8 Å². The van der Waals surface area contributed by atoms with Gasteiger partial charge < -0.3 is 24.3 Å². The number of piperidine rings is 1. The Bertz CT molecular complexity index is 848. The normalized spacial score (nSPS) is 18.7. The van der Waals surface area contributed by atoms with E-state index in [0.29, 0.717) is 23.0 Å². The molecule has 1 N–H and O–H groups in total. The first-order valence-electron chi connectivity index (χ1n) is 9.11. The number of rotatable bonds is 2. The van der Waals surface area contributed by atoms with Gasteiger partial charge in [-0.1, -0.05) is 0 Å². The zero-order valence-electron chi connectivity index (χ0n) is 14.9. The topological polar surface area (TPSA) is 81.5 Å². The predicted molar refractivity (Wildman–Crippen MR) is 99.4 cm³/mol. The van der Waals surface area contributed by atoms with Gasteiger partial charge in [0.25, 0.3) is 5.91 Å². The van der Waals surface area contributed by atoms with Gasteiger partial charge in [-0.2, -0.15) is 0 Å². The second-order valence-electron chi connectivity index (χ2n) is 6.94. The van der Waals surface area contributed by atoms with Crippen molar-refractivity contribution in [1.82, 2.24) is 25.0 Å². The molecule has 0 unspecified atom stereocenters. The predicted octanol–water partition coefficient (Wildman–Crippen LogP) is 1.55. The third-order valence-corrected chi connectivity index (χ3v) is 5.42. The van der Waals surface area contributed by atoms with E-state index in [1.165, 1.54) is 0 Å². The lowest BCUT2D eigenvalue weighted by molar-refractivity contribution is 0.0709. The van der Waals surface area contributed by atoms with Crippen LogP contribution < -0.4 is 14.8 Å². The molecule has 1 aromatic carbocycles. The van der Waals surface area contributed by atoms with Crippen LogP contribution in [-0.4, -0.2) is 52.0 Å². The number of carbonyl (C=O) groups excluding carboxylic acids is 1. The average Bonchev–Trinajstić information content (AvgIpc) is 3.34. The third-order valence-electron chi connectivity index (χ3n) is 5.42. The Hall–Kier alpha value is -2.32. The number of benzene rings is 1. The number of nitrogens with one attached hydrogen (secondary N) is 1. The van der Waals surface area contributed by atoms with Crippen LogP contribution in [0.1, 0.15) is 40.8 Å². The van der Waals surface area contributed by atoms with Gasteiger partial charge in [0.2, 0.25) is 6.79 Å². The maximum absolute atomic E-state index is 12.8. The lowest BCUT2D eigenvalue weighted by Gasteiger charge is -2.32. The first-order valence-corrected chi connectivity index (χ1v) is 9.11. The molecule has 0 atom stereocenters.